The fourth-order valence-electron chi connectivity index (χ4n) is 3.51. The average molecular weight is 588 g/mol. The van der Waals surface area contributed by atoms with Crippen LogP contribution in [-0.4, -0.2) is 41.2 Å². The second-order valence-electron chi connectivity index (χ2n) is 8.32. The molecule has 202 valence electrons. The molecule has 0 atom stereocenters. The molecule has 0 radical (unpaired) electrons. The van der Waals surface area contributed by atoms with E-state index in [1.165, 1.54) is 0 Å². The Kier molecular flexibility index (Phi) is 11.3. The van der Waals surface area contributed by atoms with Crippen molar-refractivity contribution < 1.29 is 23.1 Å². The van der Waals surface area contributed by atoms with E-state index in [0.29, 0.717) is 29.1 Å². The minimum absolute atomic E-state index is 0.189. The van der Waals surface area contributed by atoms with E-state index in [1.54, 1.807) is 51.0 Å². The Labute approximate surface area is 232 Å². The van der Waals surface area contributed by atoms with Crippen molar-refractivity contribution in [3.05, 3.63) is 63.7 Å². The van der Waals surface area contributed by atoms with E-state index in [9.17, 15) is 4.57 Å². The van der Waals surface area contributed by atoms with Crippen molar-refractivity contribution in [3.8, 4) is 5.88 Å². The van der Waals surface area contributed by atoms with Crippen molar-refractivity contribution in [1.29, 1.82) is 0 Å². The summed E-state index contributed by atoms with van der Waals surface area (Å²) in [5.74, 6) is 1.32. The predicted molar refractivity (Wildman–Crippen MR) is 147 cm³/mol. The van der Waals surface area contributed by atoms with Gasteiger partial charge in [0.05, 0.1) is 25.5 Å². The lowest BCUT2D eigenvalue weighted by Crippen LogP contribution is -2.09. The smallest absolute Gasteiger partial charge is 0.367 e. The standard InChI is InChI=1S/C25H32Cl2N3O5PS/c1-6-34-36(31,35-7-2)16-33-23-9-8-18(13-28-23)14-30-22(15-32-5)29-24(17(3)4)25(30)37-21-11-19(26)10-20(27)12-21/h8-13,17H,6-7,14-16H2,1-5H3. The number of benzene rings is 1. The highest BCUT2D eigenvalue weighted by molar-refractivity contribution is 7.99. The maximum absolute atomic E-state index is 12.6. The summed E-state index contributed by atoms with van der Waals surface area (Å²) in [6, 6.07) is 9.11. The monoisotopic (exact) mass is 587 g/mol. The van der Waals surface area contributed by atoms with Gasteiger partial charge in [0, 0.05) is 34.3 Å². The maximum atomic E-state index is 12.6. The highest BCUT2D eigenvalue weighted by atomic mass is 35.5. The lowest BCUT2D eigenvalue weighted by atomic mass is 10.1. The van der Waals surface area contributed by atoms with E-state index in [1.807, 2.05) is 18.2 Å². The summed E-state index contributed by atoms with van der Waals surface area (Å²) >= 11 is 14.1. The van der Waals surface area contributed by atoms with Gasteiger partial charge in [0.2, 0.25) is 5.88 Å². The van der Waals surface area contributed by atoms with Gasteiger partial charge in [0.1, 0.15) is 17.5 Å². The molecular weight excluding hydrogens is 556 g/mol. The van der Waals surface area contributed by atoms with Gasteiger partial charge in [-0.15, -0.1) is 0 Å². The molecule has 0 fully saturated rings. The summed E-state index contributed by atoms with van der Waals surface area (Å²) in [5.41, 5.74) is 1.89. The summed E-state index contributed by atoms with van der Waals surface area (Å²) < 4.78 is 36.4. The molecule has 0 aliphatic rings. The topological polar surface area (TPSA) is 84.7 Å². The Hall–Kier alpha value is -1.58. The minimum Gasteiger partial charge on any atom is -0.465 e. The molecule has 12 heteroatoms. The first-order valence-corrected chi connectivity index (χ1v) is 15.2. The maximum Gasteiger partial charge on any atom is 0.367 e. The van der Waals surface area contributed by atoms with Crippen molar-refractivity contribution >= 4 is 42.6 Å². The number of pyridine rings is 1. The first kappa shape index (κ1) is 30.0. The number of hydrogen-bond donors (Lipinski definition) is 0. The molecule has 0 saturated heterocycles. The second kappa shape index (κ2) is 14.0. The van der Waals surface area contributed by atoms with Gasteiger partial charge in [-0.25, -0.2) is 9.97 Å². The average Bonchev–Trinajstić information content (AvgIpc) is 3.15. The summed E-state index contributed by atoms with van der Waals surface area (Å²) in [7, 11) is -1.68. The summed E-state index contributed by atoms with van der Waals surface area (Å²) in [5, 5.41) is 2.12. The van der Waals surface area contributed by atoms with Crippen LogP contribution >= 0.6 is 42.6 Å². The SMILES string of the molecule is CCOP(=O)(COc1ccc(Cn2c(COC)nc(C(C)C)c2Sc2cc(Cl)cc(Cl)c2)cn1)OCC. The predicted octanol–water partition coefficient (Wildman–Crippen LogP) is 7.66. The van der Waals surface area contributed by atoms with Gasteiger partial charge in [0.15, 0.2) is 6.35 Å². The van der Waals surface area contributed by atoms with Crippen LogP contribution in [0.15, 0.2) is 46.5 Å². The first-order chi connectivity index (χ1) is 17.7. The Morgan fingerprint density at radius 2 is 1.76 bits per heavy atom. The quantitative estimate of drug-likeness (QED) is 0.178. The number of imidazole rings is 1. The van der Waals surface area contributed by atoms with Crippen molar-refractivity contribution in [3.63, 3.8) is 0 Å². The summed E-state index contributed by atoms with van der Waals surface area (Å²) in [6.07, 6.45) is 1.51. The summed E-state index contributed by atoms with van der Waals surface area (Å²) in [4.78, 5) is 10.2. The van der Waals surface area contributed by atoms with Gasteiger partial charge in [-0.3, -0.25) is 4.57 Å². The zero-order valence-corrected chi connectivity index (χ0v) is 24.8. The van der Waals surface area contributed by atoms with E-state index in [4.69, 9.17) is 46.7 Å². The molecule has 0 aliphatic heterocycles. The molecule has 2 heterocycles. The third-order valence-corrected chi connectivity index (χ3v) is 8.34. The molecular formula is C25H32Cl2N3O5PS. The molecule has 0 saturated carbocycles. The molecule has 3 rings (SSSR count). The van der Waals surface area contributed by atoms with Gasteiger partial charge < -0.3 is 23.1 Å². The molecule has 2 aromatic heterocycles. The van der Waals surface area contributed by atoms with E-state index in [0.717, 1.165) is 27.0 Å². The van der Waals surface area contributed by atoms with E-state index in [-0.39, 0.29) is 25.5 Å². The van der Waals surface area contributed by atoms with Gasteiger partial charge in [-0.1, -0.05) is 54.9 Å². The lowest BCUT2D eigenvalue weighted by molar-refractivity contribution is 0.174. The van der Waals surface area contributed by atoms with Crippen LogP contribution in [0.25, 0.3) is 0 Å². The molecule has 1 aromatic carbocycles. The number of ether oxygens (including phenoxy) is 2. The van der Waals surface area contributed by atoms with Crippen LogP contribution < -0.4 is 4.74 Å². The zero-order valence-electron chi connectivity index (χ0n) is 21.6. The second-order valence-corrected chi connectivity index (χ2v) is 12.3. The fourth-order valence-corrected chi connectivity index (χ4v) is 6.73. The fraction of sp³-hybridized carbons (Fsp3) is 0.440. The highest BCUT2D eigenvalue weighted by Gasteiger charge is 2.25. The molecule has 0 unspecified atom stereocenters. The Balaban J connectivity index is 1.87. The lowest BCUT2D eigenvalue weighted by Gasteiger charge is -2.17. The number of hydrogen-bond acceptors (Lipinski definition) is 8. The molecule has 37 heavy (non-hydrogen) atoms. The van der Waals surface area contributed by atoms with Crippen LogP contribution in [0.5, 0.6) is 5.88 Å². The third kappa shape index (κ3) is 8.45. The van der Waals surface area contributed by atoms with Gasteiger partial charge in [0.25, 0.3) is 0 Å². The molecule has 0 amide bonds. The number of aromatic nitrogens is 3. The Bertz CT molecular complexity index is 1190. The van der Waals surface area contributed by atoms with Gasteiger partial charge in [-0.2, -0.15) is 0 Å². The normalized spacial score (nSPS) is 11.9. The Morgan fingerprint density at radius 1 is 1.08 bits per heavy atom. The number of nitrogens with zero attached hydrogens (tertiary/aromatic N) is 3. The molecule has 0 aliphatic carbocycles. The van der Waals surface area contributed by atoms with Crippen molar-refractivity contribution in [2.75, 3.05) is 26.7 Å². The van der Waals surface area contributed by atoms with Crippen LogP contribution in [0.3, 0.4) is 0 Å². The minimum atomic E-state index is -3.33. The van der Waals surface area contributed by atoms with Crippen LogP contribution in [0.2, 0.25) is 10.0 Å². The molecule has 0 N–H and O–H groups in total. The summed E-state index contributed by atoms with van der Waals surface area (Å²) in [6.45, 7) is 9.12. The largest absolute Gasteiger partial charge is 0.465 e. The molecule has 3 aromatic rings. The van der Waals surface area contributed by atoms with Crippen molar-refractivity contribution in [2.45, 2.75) is 56.7 Å². The number of methoxy groups -OCH3 is 1. The van der Waals surface area contributed by atoms with Crippen LogP contribution in [0.4, 0.5) is 0 Å². The highest BCUT2D eigenvalue weighted by Crippen LogP contribution is 2.47. The van der Waals surface area contributed by atoms with Crippen LogP contribution in [0, 0.1) is 0 Å². The number of halogens is 2. The number of rotatable bonds is 14. The van der Waals surface area contributed by atoms with Gasteiger partial charge >= 0.3 is 7.60 Å². The zero-order chi connectivity index (χ0) is 27.0. The molecule has 0 spiro atoms. The first-order valence-electron chi connectivity index (χ1n) is 11.9. The van der Waals surface area contributed by atoms with Crippen molar-refractivity contribution in [1.82, 2.24) is 14.5 Å². The Morgan fingerprint density at radius 3 is 2.30 bits per heavy atom. The molecule has 0 bridgehead atoms. The van der Waals surface area contributed by atoms with Crippen molar-refractivity contribution in [2.24, 2.45) is 0 Å². The van der Waals surface area contributed by atoms with Crippen LogP contribution in [0.1, 0.15) is 50.7 Å². The van der Waals surface area contributed by atoms with E-state index < -0.39 is 7.60 Å². The van der Waals surface area contributed by atoms with Crippen LogP contribution in [-0.2, 0) is 31.5 Å². The van der Waals surface area contributed by atoms with E-state index >= 15 is 0 Å². The van der Waals surface area contributed by atoms with E-state index in [2.05, 4.69) is 23.4 Å². The molecule has 8 nitrogen and oxygen atoms in total. The third-order valence-electron chi connectivity index (χ3n) is 5.06. The van der Waals surface area contributed by atoms with Gasteiger partial charge in [-0.05, 0) is 43.5 Å².